The van der Waals surface area contributed by atoms with Crippen LogP contribution in [0.5, 0.6) is 0 Å². The number of rotatable bonds is 8. The normalized spacial score (nSPS) is 16.6. The summed E-state index contributed by atoms with van der Waals surface area (Å²) in [6, 6.07) is 13.2. The Morgan fingerprint density at radius 3 is 2.89 bits per heavy atom. The van der Waals surface area contributed by atoms with Crippen molar-refractivity contribution in [2.45, 2.75) is 31.6 Å². The third kappa shape index (κ3) is 5.87. The SMILES string of the molecule is CN(C=O)CCC(O)C#Cc1cccc(-n2nc(C(N)=O)c3cc(CN4CC[C@@H](O)C4)ccc32)c1. The van der Waals surface area contributed by atoms with E-state index in [0.29, 0.717) is 49.1 Å². The van der Waals surface area contributed by atoms with Crippen LogP contribution >= 0.6 is 0 Å². The number of β-amino-alcohol motifs (C(OH)–C–C–N with tert-alkyl or cyclic N) is 1. The smallest absolute Gasteiger partial charge is 0.269 e. The fourth-order valence-electron chi connectivity index (χ4n) is 4.19. The number of aliphatic hydroxyl groups excluding tert-OH is 2. The lowest BCUT2D eigenvalue weighted by Crippen LogP contribution is -2.21. The third-order valence-corrected chi connectivity index (χ3v) is 6.04. The van der Waals surface area contributed by atoms with Crippen LogP contribution in [0.2, 0.25) is 0 Å². The Balaban J connectivity index is 1.60. The lowest BCUT2D eigenvalue weighted by atomic mass is 10.1. The first kappa shape index (κ1) is 24.4. The summed E-state index contributed by atoms with van der Waals surface area (Å²) in [5.74, 6) is 5.15. The van der Waals surface area contributed by atoms with Crippen molar-refractivity contribution in [2.75, 3.05) is 26.7 Å². The Hall–Kier alpha value is -3.71. The molecule has 0 aliphatic carbocycles. The molecule has 2 amide bonds. The molecule has 0 radical (unpaired) electrons. The Morgan fingerprint density at radius 2 is 2.17 bits per heavy atom. The number of carbonyl (C=O) groups excluding carboxylic acids is 2. The van der Waals surface area contributed by atoms with Gasteiger partial charge in [-0.25, -0.2) is 4.68 Å². The van der Waals surface area contributed by atoms with Gasteiger partial charge in [0.2, 0.25) is 6.41 Å². The number of nitrogens with two attached hydrogens (primary N) is 1. The van der Waals surface area contributed by atoms with E-state index < -0.39 is 12.0 Å². The molecule has 0 spiro atoms. The van der Waals surface area contributed by atoms with Crippen molar-refractivity contribution in [3.63, 3.8) is 0 Å². The van der Waals surface area contributed by atoms with E-state index in [2.05, 4.69) is 21.8 Å². The van der Waals surface area contributed by atoms with E-state index >= 15 is 0 Å². The van der Waals surface area contributed by atoms with Gasteiger partial charge in [0.1, 0.15) is 6.10 Å². The van der Waals surface area contributed by atoms with Crippen LogP contribution in [0.25, 0.3) is 16.6 Å². The molecule has 0 bridgehead atoms. The first-order chi connectivity index (χ1) is 16.8. The molecule has 1 aliphatic rings. The lowest BCUT2D eigenvalue weighted by Gasteiger charge is -2.15. The average Bonchev–Trinajstić information content (AvgIpc) is 3.44. The molecule has 1 aromatic heterocycles. The molecule has 4 rings (SSSR count). The van der Waals surface area contributed by atoms with Crippen LogP contribution in [-0.4, -0.2) is 81.0 Å². The highest BCUT2D eigenvalue weighted by Gasteiger charge is 2.21. The summed E-state index contributed by atoms with van der Waals surface area (Å²) in [7, 11) is 1.64. The number of aliphatic hydroxyl groups is 2. The zero-order chi connectivity index (χ0) is 24.9. The van der Waals surface area contributed by atoms with Crippen LogP contribution in [0.15, 0.2) is 42.5 Å². The number of hydrogen-bond acceptors (Lipinski definition) is 6. The van der Waals surface area contributed by atoms with Crippen molar-refractivity contribution in [3.8, 4) is 17.5 Å². The molecule has 1 aliphatic heterocycles. The summed E-state index contributed by atoms with van der Waals surface area (Å²) in [6.45, 7) is 2.55. The number of likely N-dealkylation sites (tertiary alicyclic amines) is 1. The minimum Gasteiger partial charge on any atom is -0.392 e. The van der Waals surface area contributed by atoms with Gasteiger partial charge < -0.3 is 20.8 Å². The van der Waals surface area contributed by atoms with Gasteiger partial charge in [-0.05, 0) is 42.3 Å². The summed E-state index contributed by atoms with van der Waals surface area (Å²) in [5, 5.41) is 25.0. The highest BCUT2D eigenvalue weighted by atomic mass is 16.3. The van der Waals surface area contributed by atoms with Crippen LogP contribution < -0.4 is 5.73 Å². The van der Waals surface area contributed by atoms with Gasteiger partial charge in [0.05, 0.1) is 17.3 Å². The van der Waals surface area contributed by atoms with Crippen LogP contribution in [-0.2, 0) is 11.3 Å². The molecule has 2 heterocycles. The molecule has 182 valence electrons. The molecule has 9 nitrogen and oxygen atoms in total. The van der Waals surface area contributed by atoms with Crippen LogP contribution in [0.1, 0.15) is 34.5 Å². The van der Waals surface area contributed by atoms with Gasteiger partial charge in [-0.1, -0.05) is 24.0 Å². The zero-order valence-corrected chi connectivity index (χ0v) is 19.6. The quantitative estimate of drug-likeness (QED) is 0.328. The first-order valence-electron chi connectivity index (χ1n) is 11.5. The number of hydrogen-bond donors (Lipinski definition) is 3. The van der Waals surface area contributed by atoms with E-state index in [0.717, 1.165) is 24.0 Å². The second kappa shape index (κ2) is 10.7. The van der Waals surface area contributed by atoms with E-state index in [1.54, 1.807) is 11.7 Å². The predicted molar refractivity (Wildman–Crippen MR) is 132 cm³/mol. The van der Waals surface area contributed by atoms with Gasteiger partial charge in [0, 0.05) is 50.6 Å². The van der Waals surface area contributed by atoms with Gasteiger partial charge in [-0.2, -0.15) is 5.10 Å². The summed E-state index contributed by atoms with van der Waals surface area (Å²) in [6.07, 6.45) is 0.670. The van der Waals surface area contributed by atoms with Gasteiger partial charge in [0.25, 0.3) is 5.91 Å². The fraction of sp³-hybridized carbons (Fsp3) is 0.346. The second-order valence-corrected chi connectivity index (χ2v) is 8.86. The number of aromatic nitrogens is 2. The molecule has 2 atom stereocenters. The third-order valence-electron chi connectivity index (χ3n) is 6.04. The molecule has 1 unspecified atom stereocenters. The molecule has 1 saturated heterocycles. The van der Waals surface area contributed by atoms with Crippen molar-refractivity contribution in [1.82, 2.24) is 19.6 Å². The number of amides is 2. The highest BCUT2D eigenvalue weighted by molar-refractivity contribution is 6.04. The van der Waals surface area contributed by atoms with Crippen LogP contribution in [0.3, 0.4) is 0 Å². The molecular weight excluding hydrogens is 446 g/mol. The number of fused-ring (bicyclic) bond motifs is 1. The molecule has 4 N–H and O–H groups in total. The Morgan fingerprint density at radius 1 is 1.34 bits per heavy atom. The lowest BCUT2D eigenvalue weighted by molar-refractivity contribution is -0.117. The topological polar surface area (TPSA) is 125 Å². The van der Waals surface area contributed by atoms with Crippen molar-refractivity contribution in [2.24, 2.45) is 5.73 Å². The average molecular weight is 476 g/mol. The highest BCUT2D eigenvalue weighted by Crippen LogP contribution is 2.25. The number of carbonyl (C=O) groups is 2. The zero-order valence-electron chi connectivity index (χ0n) is 19.6. The molecule has 2 aromatic carbocycles. The van der Waals surface area contributed by atoms with Gasteiger partial charge >= 0.3 is 0 Å². The standard InChI is InChI=1S/C26H29N5O4/c1-29(17-32)11-9-21(33)7-5-18-3-2-4-20(13-18)31-24-8-6-19(15-30-12-10-22(34)16-30)14-23(24)25(28-31)26(27)35/h2-4,6,8,13-14,17,21-22,33-34H,9-12,15-16H2,1H3,(H2,27,35)/t21?,22-/m1/s1. The molecule has 3 aromatic rings. The maximum atomic E-state index is 12.2. The maximum Gasteiger partial charge on any atom is 0.269 e. The van der Waals surface area contributed by atoms with Gasteiger partial charge in [0.15, 0.2) is 5.69 Å². The molecular formula is C26H29N5O4. The monoisotopic (exact) mass is 475 g/mol. The van der Waals surface area contributed by atoms with Crippen LogP contribution in [0.4, 0.5) is 0 Å². The Kier molecular flexibility index (Phi) is 7.46. The van der Waals surface area contributed by atoms with E-state index in [4.69, 9.17) is 5.73 Å². The fourth-order valence-corrected chi connectivity index (χ4v) is 4.19. The van der Waals surface area contributed by atoms with E-state index in [1.165, 1.54) is 4.90 Å². The van der Waals surface area contributed by atoms with E-state index in [1.807, 2.05) is 42.5 Å². The second-order valence-electron chi connectivity index (χ2n) is 8.86. The summed E-state index contributed by atoms with van der Waals surface area (Å²) < 4.78 is 1.67. The number of primary amides is 1. The van der Waals surface area contributed by atoms with Crippen molar-refractivity contribution in [3.05, 3.63) is 59.3 Å². The maximum absolute atomic E-state index is 12.2. The van der Waals surface area contributed by atoms with E-state index in [9.17, 15) is 19.8 Å². The largest absolute Gasteiger partial charge is 0.392 e. The van der Waals surface area contributed by atoms with Crippen molar-refractivity contribution in [1.29, 1.82) is 0 Å². The first-order valence-corrected chi connectivity index (χ1v) is 11.5. The molecule has 35 heavy (non-hydrogen) atoms. The summed E-state index contributed by atoms with van der Waals surface area (Å²) in [5.41, 5.74) is 8.98. The minimum absolute atomic E-state index is 0.189. The summed E-state index contributed by atoms with van der Waals surface area (Å²) >= 11 is 0. The summed E-state index contributed by atoms with van der Waals surface area (Å²) in [4.78, 5) is 26.5. The Labute approximate surface area is 203 Å². The Bertz CT molecular complexity index is 1290. The van der Waals surface area contributed by atoms with Crippen molar-refractivity contribution >= 4 is 23.2 Å². The number of benzene rings is 2. The number of nitrogens with zero attached hydrogens (tertiary/aromatic N) is 4. The predicted octanol–water partition coefficient (Wildman–Crippen LogP) is 0.882. The van der Waals surface area contributed by atoms with Crippen molar-refractivity contribution < 1.29 is 19.8 Å². The molecule has 9 heteroatoms. The van der Waals surface area contributed by atoms with Gasteiger partial charge in [-0.15, -0.1) is 0 Å². The minimum atomic E-state index is -0.858. The van der Waals surface area contributed by atoms with Gasteiger partial charge in [-0.3, -0.25) is 14.5 Å². The van der Waals surface area contributed by atoms with E-state index in [-0.39, 0.29) is 11.8 Å². The molecule has 0 saturated carbocycles. The molecule has 1 fully saturated rings. The van der Waals surface area contributed by atoms with Crippen LogP contribution in [0, 0.1) is 11.8 Å².